The maximum atomic E-state index is 4.58. The summed E-state index contributed by atoms with van der Waals surface area (Å²) in [6.45, 7) is 12.7. The van der Waals surface area contributed by atoms with E-state index in [1.54, 1.807) is 0 Å². The predicted molar refractivity (Wildman–Crippen MR) is 63.8 cm³/mol. The molecule has 0 saturated heterocycles. The van der Waals surface area contributed by atoms with Crippen LogP contribution in [0.4, 0.5) is 5.69 Å². The monoisotopic (exact) mass is 189 g/mol. The van der Waals surface area contributed by atoms with Gasteiger partial charge in [-0.3, -0.25) is 4.99 Å². The van der Waals surface area contributed by atoms with Gasteiger partial charge in [0.05, 0.1) is 5.69 Å². The molecule has 0 heterocycles. The fraction of sp³-hybridized carbons (Fsp3) is 0.462. The van der Waals surface area contributed by atoms with Crippen LogP contribution in [0.2, 0.25) is 0 Å². The summed E-state index contributed by atoms with van der Waals surface area (Å²) in [4.78, 5) is 4.58. The normalized spacial score (nSPS) is 10.1. The quantitative estimate of drug-likeness (QED) is 0.591. The Morgan fingerprint density at radius 1 is 0.929 bits per heavy atom. The molecular weight excluding hydrogens is 170 g/mol. The van der Waals surface area contributed by atoms with E-state index in [1.807, 2.05) is 13.8 Å². The summed E-state index contributed by atoms with van der Waals surface area (Å²) in [5.41, 5.74) is 7.55. The minimum Gasteiger partial charge on any atom is -0.258 e. The first kappa shape index (κ1) is 11.0. The van der Waals surface area contributed by atoms with Crippen molar-refractivity contribution in [1.82, 2.24) is 0 Å². The molecule has 0 radical (unpaired) electrons. The maximum Gasteiger partial charge on any atom is 0.0689 e. The molecule has 0 saturated carbocycles. The second-order valence-electron chi connectivity index (χ2n) is 4.17. The molecule has 0 bridgehead atoms. The topological polar surface area (TPSA) is 12.4 Å². The van der Waals surface area contributed by atoms with Gasteiger partial charge in [0.15, 0.2) is 0 Å². The van der Waals surface area contributed by atoms with E-state index >= 15 is 0 Å². The molecule has 0 fully saturated rings. The molecule has 0 spiro atoms. The van der Waals surface area contributed by atoms with Crippen molar-refractivity contribution >= 4 is 11.4 Å². The number of rotatable bonds is 1. The molecule has 1 nitrogen and oxygen atoms in total. The third kappa shape index (κ3) is 2.03. The Labute approximate surface area is 86.9 Å². The zero-order chi connectivity index (χ0) is 10.9. The van der Waals surface area contributed by atoms with Crippen molar-refractivity contribution in [2.75, 3.05) is 0 Å². The summed E-state index contributed by atoms with van der Waals surface area (Å²) in [7, 11) is 0. The van der Waals surface area contributed by atoms with Gasteiger partial charge in [0.25, 0.3) is 0 Å². The maximum absolute atomic E-state index is 4.58. The van der Waals surface area contributed by atoms with Gasteiger partial charge in [-0.2, -0.15) is 0 Å². The van der Waals surface area contributed by atoms with Crippen LogP contribution >= 0.6 is 0 Å². The molecule has 1 aromatic carbocycles. The Balaban J connectivity index is 3.44. The highest BCUT2D eigenvalue weighted by atomic mass is 14.7. The highest BCUT2D eigenvalue weighted by molar-refractivity contribution is 5.83. The lowest BCUT2D eigenvalue weighted by Crippen LogP contribution is -1.91. The first-order valence-corrected chi connectivity index (χ1v) is 5.02. The molecule has 1 rings (SSSR count). The van der Waals surface area contributed by atoms with E-state index in [4.69, 9.17) is 0 Å². The van der Waals surface area contributed by atoms with Crippen molar-refractivity contribution in [1.29, 1.82) is 0 Å². The lowest BCUT2D eigenvalue weighted by atomic mass is 9.99. The molecule has 0 aromatic heterocycles. The number of aryl methyl sites for hydroxylation is 2. The van der Waals surface area contributed by atoms with Crippen LogP contribution in [0.5, 0.6) is 0 Å². The van der Waals surface area contributed by atoms with E-state index in [1.165, 1.54) is 22.3 Å². The lowest BCUT2D eigenvalue weighted by Gasteiger charge is -2.11. The molecular formula is C13H19N. The van der Waals surface area contributed by atoms with Crippen LogP contribution in [0, 0.1) is 27.7 Å². The molecule has 1 aromatic rings. The number of hydrogen-bond donors (Lipinski definition) is 0. The van der Waals surface area contributed by atoms with Crippen molar-refractivity contribution in [2.45, 2.75) is 41.5 Å². The van der Waals surface area contributed by atoms with E-state index in [0.717, 1.165) is 11.4 Å². The Morgan fingerprint density at radius 3 is 2.00 bits per heavy atom. The lowest BCUT2D eigenvalue weighted by molar-refractivity contribution is 1.21. The zero-order valence-electron chi connectivity index (χ0n) is 10.0. The van der Waals surface area contributed by atoms with Gasteiger partial charge in [-0.15, -0.1) is 0 Å². The first-order chi connectivity index (χ1) is 6.43. The fourth-order valence-electron chi connectivity index (χ4n) is 1.67. The second-order valence-corrected chi connectivity index (χ2v) is 4.17. The van der Waals surface area contributed by atoms with Gasteiger partial charge < -0.3 is 0 Å². The summed E-state index contributed by atoms with van der Waals surface area (Å²) in [6, 6.07) is 2.21. The molecule has 1 heteroatoms. The third-order valence-corrected chi connectivity index (χ3v) is 2.65. The fourth-order valence-corrected chi connectivity index (χ4v) is 1.67. The highest BCUT2D eigenvalue weighted by Gasteiger charge is 2.06. The molecule has 14 heavy (non-hydrogen) atoms. The number of hydrogen-bond acceptors (Lipinski definition) is 1. The molecule has 0 unspecified atom stereocenters. The summed E-state index contributed by atoms with van der Waals surface area (Å²) in [6.07, 6.45) is 0. The van der Waals surface area contributed by atoms with Crippen molar-refractivity contribution in [3.63, 3.8) is 0 Å². The Morgan fingerprint density at radius 2 is 1.50 bits per heavy atom. The number of aliphatic imine (C=N–C) groups is 1. The van der Waals surface area contributed by atoms with Gasteiger partial charge in [0.2, 0.25) is 0 Å². The summed E-state index contributed by atoms with van der Waals surface area (Å²) < 4.78 is 0. The Hall–Kier alpha value is -1.11. The van der Waals surface area contributed by atoms with Crippen LogP contribution in [-0.2, 0) is 0 Å². The van der Waals surface area contributed by atoms with Crippen LogP contribution < -0.4 is 0 Å². The van der Waals surface area contributed by atoms with Gasteiger partial charge in [0.1, 0.15) is 0 Å². The van der Waals surface area contributed by atoms with Gasteiger partial charge in [0, 0.05) is 5.71 Å². The molecule has 0 aliphatic heterocycles. The highest BCUT2D eigenvalue weighted by Crippen LogP contribution is 2.28. The van der Waals surface area contributed by atoms with E-state index in [0.29, 0.717) is 0 Å². The molecule has 76 valence electrons. The largest absolute Gasteiger partial charge is 0.258 e. The number of benzene rings is 1. The van der Waals surface area contributed by atoms with Crippen molar-refractivity contribution in [2.24, 2.45) is 4.99 Å². The Kier molecular flexibility index (Phi) is 3.10. The van der Waals surface area contributed by atoms with Crippen LogP contribution in [-0.4, -0.2) is 5.71 Å². The average Bonchev–Trinajstić information content (AvgIpc) is 2.09. The van der Waals surface area contributed by atoms with Crippen molar-refractivity contribution < 1.29 is 0 Å². The standard InChI is InChI=1S/C13H19N/c1-8(2)14-13-10(4)7-9(3)11(5)12(13)6/h7H,1-6H3. The number of nitrogens with zero attached hydrogens (tertiary/aromatic N) is 1. The SMILES string of the molecule is CC(C)=Nc1c(C)cc(C)c(C)c1C. The van der Waals surface area contributed by atoms with Crippen LogP contribution in [0.3, 0.4) is 0 Å². The Bertz CT molecular complexity index is 383. The van der Waals surface area contributed by atoms with Crippen molar-refractivity contribution in [3.8, 4) is 0 Å². The van der Waals surface area contributed by atoms with Gasteiger partial charge in [-0.25, -0.2) is 0 Å². The summed E-state index contributed by atoms with van der Waals surface area (Å²) in [5, 5.41) is 0. The second kappa shape index (κ2) is 3.95. The molecule has 0 aliphatic rings. The third-order valence-electron chi connectivity index (χ3n) is 2.65. The van der Waals surface area contributed by atoms with Crippen LogP contribution in [0.1, 0.15) is 36.1 Å². The smallest absolute Gasteiger partial charge is 0.0689 e. The van der Waals surface area contributed by atoms with Crippen molar-refractivity contribution in [3.05, 3.63) is 28.3 Å². The summed E-state index contributed by atoms with van der Waals surface area (Å²) >= 11 is 0. The van der Waals surface area contributed by atoms with Crippen LogP contribution in [0.15, 0.2) is 11.1 Å². The van der Waals surface area contributed by atoms with E-state index < -0.39 is 0 Å². The molecule has 0 atom stereocenters. The molecule has 0 N–H and O–H groups in total. The van der Waals surface area contributed by atoms with Gasteiger partial charge in [-0.1, -0.05) is 6.07 Å². The average molecular weight is 189 g/mol. The minimum atomic E-state index is 1.11. The van der Waals surface area contributed by atoms with E-state index in [2.05, 4.69) is 38.8 Å². The van der Waals surface area contributed by atoms with Crippen LogP contribution in [0.25, 0.3) is 0 Å². The minimum absolute atomic E-state index is 1.11. The summed E-state index contributed by atoms with van der Waals surface area (Å²) in [5.74, 6) is 0. The van der Waals surface area contributed by atoms with E-state index in [9.17, 15) is 0 Å². The first-order valence-electron chi connectivity index (χ1n) is 5.02. The van der Waals surface area contributed by atoms with E-state index in [-0.39, 0.29) is 0 Å². The predicted octanol–water partition coefficient (Wildman–Crippen LogP) is 4.03. The van der Waals surface area contributed by atoms with Gasteiger partial charge >= 0.3 is 0 Å². The molecule has 0 amide bonds. The zero-order valence-corrected chi connectivity index (χ0v) is 10.0. The van der Waals surface area contributed by atoms with Gasteiger partial charge in [-0.05, 0) is 63.8 Å². The molecule has 0 aliphatic carbocycles.